The van der Waals surface area contributed by atoms with Crippen LogP contribution >= 0.6 is 0 Å². The summed E-state index contributed by atoms with van der Waals surface area (Å²) in [5.74, 6) is 2.68. The summed E-state index contributed by atoms with van der Waals surface area (Å²) in [6.07, 6.45) is 0. The van der Waals surface area contributed by atoms with Crippen LogP contribution in [0.2, 0.25) is 0 Å². The predicted octanol–water partition coefficient (Wildman–Crippen LogP) is 10.9. The second-order valence-electron chi connectivity index (χ2n) is 17.4. The van der Waals surface area contributed by atoms with Crippen LogP contribution in [0.3, 0.4) is 0 Å². The summed E-state index contributed by atoms with van der Waals surface area (Å²) >= 11 is 0. The molecule has 15 rings (SSSR count). The van der Waals surface area contributed by atoms with Gasteiger partial charge in [0.15, 0.2) is 16.9 Å². The maximum Gasteiger partial charge on any atom is 0.319 e. The monoisotopic (exact) mass is 729 g/mol. The first-order chi connectivity index (χ1) is 28.0. The van der Waals surface area contributed by atoms with E-state index in [1.165, 1.54) is 117 Å². The number of hydrogen-bond donors (Lipinski definition) is 0. The van der Waals surface area contributed by atoms with Crippen LogP contribution in [0.4, 0.5) is 17.2 Å². The van der Waals surface area contributed by atoms with Gasteiger partial charge in [-0.25, -0.2) is 0 Å². The number of nitrogens with zero attached hydrogens (tertiary/aromatic N) is 5. The third-order valence-corrected chi connectivity index (χ3v) is 14.6. The molecule has 0 radical (unpaired) electrons. The van der Waals surface area contributed by atoms with Gasteiger partial charge in [0.25, 0.3) is 11.6 Å². The van der Waals surface area contributed by atoms with Gasteiger partial charge in [0.05, 0.1) is 22.3 Å². The van der Waals surface area contributed by atoms with Gasteiger partial charge in [0, 0.05) is 44.5 Å². The Kier molecular flexibility index (Phi) is 4.72. The third kappa shape index (κ3) is 2.91. The van der Waals surface area contributed by atoms with Crippen molar-refractivity contribution in [2.75, 3.05) is 4.90 Å². The van der Waals surface area contributed by atoms with Crippen molar-refractivity contribution < 1.29 is 9.13 Å². The highest BCUT2D eigenvalue weighted by Crippen LogP contribution is 2.62. The average Bonchev–Trinajstić information content (AvgIpc) is 3.88. The molecule has 5 aliphatic heterocycles. The fraction of sp³-hybridized carbons (Fsp3) is 0.115. The highest BCUT2D eigenvalue weighted by molar-refractivity contribution is 6.22. The standard InChI is InChI=1S/C52H35N5/c1-29(30-14-5-4-6-15-30)31-26-44-41-25-24-37-50-54(40-21-12-9-18-36(40)51(37,2)3)43-23-13-22-42-46(43)52(57(41)50)47-48-34(32-16-7-10-19-38(32)53(42)48)28-35-33-17-8-11-20-39(33)55(49(35)47)45(27-31)56(44)52/h4-29H,1-3H3/q+2. The van der Waals surface area contributed by atoms with E-state index in [-0.39, 0.29) is 11.3 Å². The lowest BCUT2D eigenvalue weighted by molar-refractivity contribution is -0.931. The third-order valence-electron chi connectivity index (χ3n) is 14.6. The summed E-state index contributed by atoms with van der Waals surface area (Å²) in [5, 5.41) is 5.21. The first-order valence-electron chi connectivity index (χ1n) is 20.3. The molecule has 9 heterocycles. The summed E-state index contributed by atoms with van der Waals surface area (Å²) in [6.45, 7) is 7.21. The molecule has 1 spiro atoms. The van der Waals surface area contributed by atoms with Gasteiger partial charge in [-0.3, -0.25) is 0 Å². The number of rotatable bonds is 2. The largest absolute Gasteiger partial charge is 0.319 e. The van der Waals surface area contributed by atoms with Crippen molar-refractivity contribution >= 4 is 60.8 Å². The molecule has 0 fully saturated rings. The molecule has 0 saturated heterocycles. The molecule has 2 atom stereocenters. The van der Waals surface area contributed by atoms with Crippen molar-refractivity contribution in [1.82, 2.24) is 9.13 Å². The Hall–Kier alpha value is -6.98. The molecule has 0 amide bonds. The van der Waals surface area contributed by atoms with Crippen LogP contribution in [0.5, 0.6) is 0 Å². The van der Waals surface area contributed by atoms with Crippen LogP contribution in [0.15, 0.2) is 152 Å². The first kappa shape index (κ1) is 29.3. The van der Waals surface area contributed by atoms with Crippen LogP contribution in [0, 0.1) is 0 Å². The fourth-order valence-electron chi connectivity index (χ4n) is 12.3. The maximum absolute atomic E-state index is 2.79. The summed E-state index contributed by atoms with van der Waals surface area (Å²) in [6, 6.07) is 57.8. The van der Waals surface area contributed by atoms with Gasteiger partial charge >= 0.3 is 5.66 Å². The lowest BCUT2D eigenvalue weighted by Gasteiger charge is -2.45. The average molecular weight is 730 g/mol. The Morgan fingerprint density at radius 1 is 0.491 bits per heavy atom. The van der Waals surface area contributed by atoms with E-state index in [4.69, 9.17) is 0 Å². The molecule has 0 bridgehead atoms. The van der Waals surface area contributed by atoms with Crippen LogP contribution in [0.25, 0.3) is 66.5 Å². The molecule has 57 heavy (non-hydrogen) atoms. The molecule has 0 aliphatic carbocycles. The van der Waals surface area contributed by atoms with E-state index >= 15 is 0 Å². The normalized spacial score (nSPS) is 18.2. The Morgan fingerprint density at radius 3 is 1.96 bits per heavy atom. The van der Waals surface area contributed by atoms with Crippen molar-refractivity contribution in [2.24, 2.45) is 0 Å². The predicted molar refractivity (Wildman–Crippen MR) is 227 cm³/mol. The molecular weight excluding hydrogens is 695 g/mol. The summed E-state index contributed by atoms with van der Waals surface area (Å²) in [7, 11) is 0. The van der Waals surface area contributed by atoms with E-state index in [1.807, 2.05) is 0 Å². The van der Waals surface area contributed by atoms with E-state index in [2.05, 4.69) is 196 Å². The highest BCUT2D eigenvalue weighted by Gasteiger charge is 2.70. The molecule has 5 aliphatic rings. The molecule has 2 unspecified atom stereocenters. The Bertz CT molecular complexity index is 3580. The van der Waals surface area contributed by atoms with Crippen molar-refractivity contribution in [3.05, 3.63) is 185 Å². The fourth-order valence-corrected chi connectivity index (χ4v) is 12.3. The molecule has 4 aromatic heterocycles. The summed E-state index contributed by atoms with van der Waals surface area (Å²) in [4.78, 5) is 2.61. The topological polar surface area (TPSA) is 20.9 Å². The smallest absolute Gasteiger partial charge is 0.308 e. The van der Waals surface area contributed by atoms with Crippen LogP contribution in [0.1, 0.15) is 60.1 Å². The molecule has 10 aromatic rings. The number of fused-ring (bicyclic) bond motifs is 12. The minimum atomic E-state index is -0.683. The number of pyridine rings is 2. The second-order valence-corrected chi connectivity index (χ2v) is 17.4. The second kappa shape index (κ2) is 9.17. The zero-order chi connectivity index (χ0) is 37.3. The van der Waals surface area contributed by atoms with Gasteiger partial charge in [-0.2, -0.15) is 18.6 Å². The van der Waals surface area contributed by atoms with Crippen molar-refractivity contribution in [2.45, 2.75) is 37.8 Å². The maximum atomic E-state index is 2.79. The van der Waals surface area contributed by atoms with Crippen LogP contribution in [-0.4, -0.2) is 9.13 Å². The van der Waals surface area contributed by atoms with Gasteiger partial charge in [0.2, 0.25) is 0 Å². The Labute approximate surface area is 328 Å². The van der Waals surface area contributed by atoms with Gasteiger partial charge in [-0.05, 0) is 71.8 Å². The summed E-state index contributed by atoms with van der Waals surface area (Å²) in [5.41, 5.74) is 18.5. The van der Waals surface area contributed by atoms with Gasteiger partial charge in [0.1, 0.15) is 28.0 Å². The Balaban J connectivity index is 1.25. The van der Waals surface area contributed by atoms with E-state index < -0.39 is 5.66 Å². The zero-order valence-corrected chi connectivity index (χ0v) is 31.7. The first-order valence-corrected chi connectivity index (χ1v) is 20.3. The van der Waals surface area contributed by atoms with Crippen LogP contribution in [-0.2, 0) is 11.1 Å². The van der Waals surface area contributed by atoms with E-state index in [9.17, 15) is 0 Å². The van der Waals surface area contributed by atoms with Crippen molar-refractivity contribution in [3.63, 3.8) is 0 Å². The van der Waals surface area contributed by atoms with Crippen LogP contribution < -0.4 is 14.0 Å². The quantitative estimate of drug-likeness (QED) is 0.162. The lowest BCUT2D eigenvalue weighted by atomic mass is 9.72. The highest BCUT2D eigenvalue weighted by atomic mass is 15.5. The molecule has 5 nitrogen and oxygen atoms in total. The molecule has 6 aromatic carbocycles. The molecule has 0 saturated carbocycles. The van der Waals surface area contributed by atoms with Gasteiger partial charge in [-0.1, -0.05) is 106 Å². The number of para-hydroxylation sites is 3. The van der Waals surface area contributed by atoms with E-state index in [0.29, 0.717) is 0 Å². The van der Waals surface area contributed by atoms with Gasteiger partial charge in [-0.15, -0.1) is 0 Å². The minimum absolute atomic E-state index is 0.196. The molecule has 266 valence electrons. The molecular formula is C52H35N5+2. The van der Waals surface area contributed by atoms with Crippen molar-refractivity contribution in [1.29, 1.82) is 0 Å². The summed E-state index contributed by atoms with van der Waals surface area (Å²) < 4.78 is 10.8. The number of hydrogen-bond acceptors (Lipinski definition) is 1. The van der Waals surface area contributed by atoms with E-state index in [1.54, 1.807) is 0 Å². The molecule has 5 heteroatoms. The Morgan fingerprint density at radius 2 is 1.16 bits per heavy atom. The van der Waals surface area contributed by atoms with E-state index in [0.717, 1.165) is 0 Å². The zero-order valence-electron chi connectivity index (χ0n) is 31.7. The number of benzene rings is 6. The molecule has 0 N–H and O–H groups in total. The lowest BCUT2D eigenvalue weighted by Crippen LogP contribution is -2.76. The SMILES string of the molecule is CC(c1ccccc1)c1cc2[n+]3c(c1)-n1c4ccccc4c4cc5c6ccccc6n6c5c(c41)C31c3c(cccc3-6)N3c4ccccc4C(C)(C)c4ccc-2[n+]1c43. The number of aromatic nitrogens is 4. The minimum Gasteiger partial charge on any atom is -0.308 e. The van der Waals surface area contributed by atoms with Crippen molar-refractivity contribution in [3.8, 4) is 22.9 Å². The van der Waals surface area contributed by atoms with Gasteiger partial charge < -0.3 is 4.57 Å². The number of anilines is 3.